The molecule has 0 aliphatic carbocycles. The summed E-state index contributed by atoms with van der Waals surface area (Å²) in [7, 11) is 2.98. The standard InChI is InChI=1S/C16H14FIN2O3/c1-19-15(21)12-8-10(23-2)4-6-14(12)20-16(22)11-5-3-9(17)7-13(11)18/h3-8H,1-2H3,(H,19,21)(H,20,22). The minimum Gasteiger partial charge on any atom is -0.497 e. The van der Waals surface area contributed by atoms with Crippen LogP contribution in [0.1, 0.15) is 20.7 Å². The molecule has 0 saturated carbocycles. The molecule has 0 aliphatic heterocycles. The Balaban J connectivity index is 2.35. The van der Waals surface area contributed by atoms with E-state index < -0.39 is 11.7 Å². The van der Waals surface area contributed by atoms with Crippen molar-refractivity contribution >= 4 is 40.1 Å². The molecule has 2 aromatic carbocycles. The molecular weight excluding hydrogens is 414 g/mol. The maximum absolute atomic E-state index is 13.1. The molecule has 23 heavy (non-hydrogen) atoms. The van der Waals surface area contributed by atoms with E-state index in [1.807, 2.05) is 22.6 Å². The number of hydrogen-bond acceptors (Lipinski definition) is 3. The van der Waals surface area contributed by atoms with E-state index in [-0.39, 0.29) is 11.5 Å². The number of anilines is 1. The molecule has 2 amide bonds. The molecule has 2 rings (SSSR count). The first-order valence-electron chi connectivity index (χ1n) is 6.62. The lowest BCUT2D eigenvalue weighted by molar-refractivity contribution is 0.0963. The Bertz CT molecular complexity index is 765. The van der Waals surface area contributed by atoms with Crippen LogP contribution in [0.5, 0.6) is 5.75 Å². The zero-order valence-electron chi connectivity index (χ0n) is 12.4. The second kappa shape index (κ2) is 7.40. The van der Waals surface area contributed by atoms with E-state index in [0.717, 1.165) is 0 Å². The van der Waals surface area contributed by atoms with Crippen molar-refractivity contribution in [3.8, 4) is 5.75 Å². The van der Waals surface area contributed by atoms with Gasteiger partial charge in [0.2, 0.25) is 0 Å². The van der Waals surface area contributed by atoms with Crippen LogP contribution in [0.4, 0.5) is 10.1 Å². The van der Waals surface area contributed by atoms with E-state index in [2.05, 4.69) is 10.6 Å². The number of carbonyl (C=O) groups is 2. The van der Waals surface area contributed by atoms with E-state index in [1.54, 1.807) is 12.1 Å². The zero-order valence-corrected chi connectivity index (χ0v) is 14.6. The van der Waals surface area contributed by atoms with Crippen molar-refractivity contribution in [1.82, 2.24) is 5.32 Å². The summed E-state index contributed by atoms with van der Waals surface area (Å²) in [4.78, 5) is 24.3. The molecule has 0 heterocycles. The maximum Gasteiger partial charge on any atom is 0.256 e. The number of benzene rings is 2. The number of halogens is 2. The Morgan fingerprint density at radius 2 is 1.83 bits per heavy atom. The van der Waals surface area contributed by atoms with Gasteiger partial charge in [-0.05, 0) is 59.0 Å². The summed E-state index contributed by atoms with van der Waals surface area (Å²) in [5.74, 6) is -0.697. The number of rotatable bonds is 4. The van der Waals surface area contributed by atoms with Gasteiger partial charge in [-0.2, -0.15) is 0 Å². The first kappa shape index (κ1) is 17.2. The van der Waals surface area contributed by atoms with Crippen LogP contribution in [0.25, 0.3) is 0 Å². The Morgan fingerprint density at radius 1 is 1.09 bits per heavy atom. The molecule has 0 saturated heterocycles. The second-order valence-corrected chi connectivity index (χ2v) is 5.73. The topological polar surface area (TPSA) is 67.4 Å². The van der Waals surface area contributed by atoms with Gasteiger partial charge in [0.1, 0.15) is 11.6 Å². The van der Waals surface area contributed by atoms with Crippen molar-refractivity contribution in [2.45, 2.75) is 0 Å². The van der Waals surface area contributed by atoms with Crippen LogP contribution < -0.4 is 15.4 Å². The molecule has 2 N–H and O–H groups in total. The summed E-state index contributed by atoms with van der Waals surface area (Å²) in [6.45, 7) is 0. The first-order valence-corrected chi connectivity index (χ1v) is 7.70. The maximum atomic E-state index is 13.1. The lowest BCUT2D eigenvalue weighted by Crippen LogP contribution is -2.22. The van der Waals surface area contributed by atoms with Crippen LogP contribution in [0, 0.1) is 9.39 Å². The zero-order chi connectivity index (χ0) is 17.0. The lowest BCUT2D eigenvalue weighted by atomic mass is 10.1. The molecule has 5 nitrogen and oxygen atoms in total. The summed E-state index contributed by atoms with van der Waals surface area (Å²) in [6.07, 6.45) is 0. The van der Waals surface area contributed by atoms with Gasteiger partial charge in [-0.1, -0.05) is 0 Å². The number of methoxy groups -OCH3 is 1. The van der Waals surface area contributed by atoms with Gasteiger partial charge >= 0.3 is 0 Å². The quantitative estimate of drug-likeness (QED) is 0.736. The van der Waals surface area contributed by atoms with Crippen LogP contribution in [0.3, 0.4) is 0 Å². The third-order valence-corrected chi connectivity index (χ3v) is 4.01. The SMILES string of the molecule is CNC(=O)c1cc(OC)ccc1NC(=O)c1ccc(F)cc1I. The molecule has 0 atom stereocenters. The van der Waals surface area contributed by atoms with Crippen molar-refractivity contribution in [3.63, 3.8) is 0 Å². The summed E-state index contributed by atoms with van der Waals surface area (Å²) in [5, 5.41) is 5.18. The van der Waals surface area contributed by atoms with Crippen LogP contribution in [-0.4, -0.2) is 26.0 Å². The van der Waals surface area contributed by atoms with Gasteiger partial charge in [-0.3, -0.25) is 9.59 Å². The van der Waals surface area contributed by atoms with Crippen LogP contribution in [0.15, 0.2) is 36.4 Å². The van der Waals surface area contributed by atoms with Crippen molar-refractivity contribution in [2.24, 2.45) is 0 Å². The van der Waals surface area contributed by atoms with Gasteiger partial charge in [0.15, 0.2) is 0 Å². The Morgan fingerprint density at radius 3 is 2.43 bits per heavy atom. The van der Waals surface area contributed by atoms with Crippen molar-refractivity contribution < 1.29 is 18.7 Å². The predicted molar refractivity (Wildman–Crippen MR) is 93.5 cm³/mol. The Hall–Kier alpha value is -2.16. The second-order valence-electron chi connectivity index (χ2n) is 4.57. The fourth-order valence-corrected chi connectivity index (χ4v) is 2.67. The summed E-state index contributed by atoms with van der Waals surface area (Å²) >= 11 is 1.88. The fourth-order valence-electron chi connectivity index (χ4n) is 1.95. The molecule has 0 bridgehead atoms. The smallest absolute Gasteiger partial charge is 0.256 e. The highest BCUT2D eigenvalue weighted by atomic mass is 127. The van der Waals surface area contributed by atoms with Gasteiger partial charge < -0.3 is 15.4 Å². The highest BCUT2D eigenvalue weighted by Gasteiger charge is 2.16. The van der Waals surface area contributed by atoms with Crippen molar-refractivity contribution in [3.05, 3.63) is 56.9 Å². The third kappa shape index (κ3) is 3.98. The van der Waals surface area contributed by atoms with E-state index in [4.69, 9.17) is 4.74 Å². The molecule has 0 fully saturated rings. The Labute approximate surface area is 146 Å². The number of ether oxygens (including phenoxy) is 1. The molecular formula is C16H14FIN2O3. The number of amides is 2. The fraction of sp³-hybridized carbons (Fsp3) is 0.125. The third-order valence-electron chi connectivity index (χ3n) is 3.12. The Kier molecular flexibility index (Phi) is 5.54. The van der Waals surface area contributed by atoms with Gasteiger partial charge in [0.05, 0.1) is 23.9 Å². The van der Waals surface area contributed by atoms with Gasteiger partial charge in [-0.15, -0.1) is 0 Å². The first-order chi connectivity index (χ1) is 11.0. The van der Waals surface area contributed by atoms with E-state index in [0.29, 0.717) is 20.6 Å². The average Bonchev–Trinajstić information content (AvgIpc) is 2.54. The number of carbonyl (C=O) groups excluding carboxylic acids is 2. The molecule has 0 radical (unpaired) electrons. The number of hydrogen-bond donors (Lipinski definition) is 2. The molecule has 120 valence electrons. The summed E-state index contributed by atoms with van der Waals surface area (Å²) < 4.78 is 18.7. The van der Waals surface area contributed by atoms with E-state index in [9.17, 15) is 14.0 Å². The molecule has 0 aromatic heterocycles. The number of nitrogens with one attached hydrogen (secondary N) is 2. The predicted octanol–water partition coefficient (Wildman–Crippen LogP) is 3.05. The minimum absolute atomic E-state index is 0.275. The van der Waals surface area contributed by atoms with E-state index in [1.165, 1.54) is 38.4 Å². The monoisotopic (exact) mass is 428 g/mol. The lowest BCUT2D eigenvalue weighted by Gasteiger charge is -2.12. The molecule has 7 heteroatoms. The largest absolute Gasteiger partial charge is 0.497 e. The average molecular weight is 428 g/mol. The van der Waals surface area contributed by atoms with Crippen molar-refractivity contribution in [2.75, 3.05) is 19.5 Å². The van der Waals surface area contributed by atoms with Gasteiger partial charge in [0.25, 0.3) is 11.8 Å². The summed E-state index contributed by atoms with van der Waals surface area (Å²) in [5.41, 5.74) is 0.943. The molecule has 2 aromatic rings. The highest BCUT2D eigenvalue weighted by Crippen LogP contribution is 2.23. The van der Waals surface area contributed by atoms with Crippen LogP contribution in [0.2, 0.25) is 0 Å². The molecule has 0 aliphatic rings. The molecule has 0 spiro atoms. The normalized spacial score (nSPS) is 10.1. The molecule has 0 unspecified atom stereocenters. The summed E-state index contributed by atoms with van der Waals surface area (Å²) in [6, 6.07) is 8.63. The van der Waals surface area contributed by atoms with Gasteiger partial charge in [0, 0.05) is 10.6 Å². The minimum atomic E-state index is -0.426. The highest BCUT2D eigenvalue weighted by molar-refractivity contribution is 14.1. The van der Waals surface area contributed by atoms with Crippen molar-refractivity contribution in [1.29, 1.82) is 0 Å². The van der Waals surface area contributed by atoms with Crippen LogP contribution >= 0.6 is 22.6 Å². The van der Waals surface area contributed by atoms with E-state index >= 15 is 0 Å². The van der Waals surface area contributed by atoms with Gasteiger partial charge in [-0.25, -0.2) is 4.39 Å². The van der Waals surface area contributed by atoms with Crippen LogP contribution in [-0.2, 0) is 0 Å².